The Bertz CT molecular complexity index is 313. The molecule has 1 aromatic heterocycles. The van der Waals surface area contributed by atoms with Gasteiger partial charge in [-0.2, -0.15) is 0 Å². The summed E-state index contributed by atoms with van der Waals surface area (Å²) >= 11 is 0. The van der Waals surface area contributed by atoms with Crippen LogP contribution in [0.4, 0.5) is 5.82 Å². The highest BCUT2D eigenvalue weighted by atomic mass is 15.0. The summed E-state index contributed by atoms with van der Waals surface area (Å²) in [5.74, 6) is 1.41. The van der Waals surface area contributed by atoms with Crippen LogP contribution in [-0.4, -0.2) is 9.97 Å². The summed E-state index contributed by atoms with van der Waals surface area (Å²) in [6.07, 6.45) is 2.05. The summed E-state index contributed by atoms with van der Waals surface area (Å²) in [5, 5.41) is 0. The number of nitrogens with zero attached hydrogens (tertiary/aromatic N) is 2. The van der Waals surface area contributed by atoms with Crippen molar-refractivity contribution in [1.29, 1.82) is 0 Å². The molecule has 0 saturated heterocycles. The number of hydrogen-bond donors (Lipinski definition) is 1. The molecular formula is C11H19N3. The SMILES string of the molecule is CCCc1cc(N)nc(C(C)(C)C)n1. The molecule has 0 amide bonds. The van der Waals surface area contributed by atoms with E-state index in [-0.39, 0.29) is 5.41 Å². The molecule has 0 unspecified atom stereocenters. The van der Waals surface area contributed by atoms with Gasteiger partial charge in [-0.05, 0) is 6.42 Å². The van der Waals surface area contributed by atoms with Crippen molar-refractivity contribution >= 4 is 5.82 Å². The monoisotopic (exact) mass is 193 g/mol. The molecule has 0 bridgehead atoms. The van der Waals surface area contributed by atoms with Crippen LogP contribution in [0.2, 0.25) is 0 Å². The third-order valence-electron chi connectivity index (χ3n) is 1.98. The molecule has 0 aliphatic carbocycles. The lowest BCUT2D eigenvalue weighted by molar-refractivity contribution is 0.542. The lowest BCUT2D eigenvalue weighted by Gasteiger charge is -2.17. The van der Waals surface area contributed by atoms with E-state index in [0.29, 0.717) is 5.82 Å². The Morgan fingerprint density at radius 1 is 1.29 bits per heavy atom. The van der Waals surface area contributed by atoms with E-state index in [1.807, 2.05) is 6.07 Å². The maximum Gasteiger partial charge on any atom is 0.136 e. The number of hydrogen-bond acceptors (Lipinski definition) is 3. The molecule has 78 valence electrons. The molecule has 1 rings (SSSR count). The quantitative estimate of drug-likeness (QED) is 0.784. The summed E-state index contributed by atoms with van der Waals surface area (Å²) in [5.41, 5.74) is 6.75. The largest absolute Gasteiger partial charge is 0.384 e. The van der Waals surface area contributed by atoms with Crippen LogP contribution >= 0.6 is 0 Å². The first-order valence-corrected chi connectivity index (χ1v) is 5.07. The first-order valence-electron chi connectivity index (χ1n) is 5.07. The van der Waals surface area contributed by atoms with E-state index in [1.165, 1.54) is 0 Å². The van der Waals surface area contributed by atoms with Crippen molar-refractivity contribution in [1.82, 2.24) is 9.97 Å². The molecule has 1 aromatic rings. The average Bonchev–Trinajstić information content (AvgIpc) is 2.02. The van der Waals surface area contributed by atoms with Crippen LogP contribution in [0.1, 0.15) is 45.6 Å². The highest BCUT2D eigenvalue weighted by Gasteiger charge is 2.18. The van der Waals surface area contributed by atoms with Crippen molar-refractivity contribution in [2.24, 2.45) is 0 Å². The minimum atomic E-state index is -0.0299. The number of aryl methyl sites for hydroxylation is 1. The molecule has 0 aliphatic rings. The van der Waals surface area contributed by atoms with Gasteiger partial charge in [0.1, 0.15) is 11.6 Å². The lowest BCUT2D eigenvalue weighted by Crippen LogP contribution is -2.18. The summed E-state index contributed by atoms with van der Waals surface area (Å²) in [6.45, 7) is 8.42. The van der Waals surface area contributed by atoms with E-state index in [2.05, 4.69) is 37.7 Å². The van der Waals surface area contributed by atoms with Crippen LogP contribution in [0.3, 0.4) is 0 Å². The predicted octanol–water partition coefficient (Wildman–Crippen LogP) is 2.31. The number of rotatable bonds is 2. The average molecular weight is 193 g/mol. The van der Waals surface area contributed by atoms with E-state index in [4.69, 9.17) is 5.73 Å². The molecule has 0 fully saturated rings. The fourth-order valence-electron chi connectivity index (χ4n) is 1.24. The van der Waals surface area contributed by atoms with Gasteiger partial charge in [0.2, 0.25) is 0 Å². The summed E-state index contributed by atoms with van der Waals surface area (Å²) in [7, 11) is 0. The van der Waals surface area contributed by atoms with E-state index in [1.54, 1.807) is 0 Å². The van der Waals surface area contributed by atoms with Crippen molar-refractivity contribution in [2.75, 3.05) is 5.73 Å². The minimum absolute atomic E-state index is 0.0299. The third-order valence-corrected chi connectivity index (χ3v) is 1.98. The first-order chi connectivity index (χ1) is 6.43. The van der Waals surface area contributed by atoms with E-state index >= 15 is 0 Å². The van der Waals surface area contributed by atoms with Crippen molar-refractivity contribution in [2.45, 2.75) is 46.0 Å². The van der Waals surface area contributed by atoms with Crippen molar-refractivity contribution < 1.29 is 0 Å². The Labute approximate surface area is 85.8 Å². The fraction of sp³-hybridized carbons (Fsp3) is 0.636. The molecule has 0 atom stereocenters. The zero-order valence-corrected chi connectivity index (χ0v) is 9.46. The van der Waals surface area contributed by atoms with Crippen molar-refractivity contribution in [3.8, 4) is 0 Å². The number of nitrogens with two attached hydrogens (primary N) is 1. The van der Waals surface area contributed by atoms with Gasteiger partial charge in [0.15, 0.2) is 0 Å². The highest BCUT2D eigenvalue weighted by Crippen LogP contribution is 2.19. The second-order valence-corrected chi connectivity index (χ2v) is 4.61. The molecule has 0 aliphatic heterocycles. The van der Waals surface area contributed by atoms with E-state index in [0.717, 1.165) is 24.4 Å². The molecule has 1 heterocycles. The molecule has 0 radical (unpaired) electrons. The van der Waals surface area contributed by atoms with Gasteiger partial charge in [-0.25, -0.2) is 9.97 Å². The summed E-state index contributed by atoms with van der Waals surface area (Å²) in [6, 6.07) is 1.86. The first kappa shape index (κ1) is 11.0. The van der Waals surface area contributed by atoms with Crippen LogP contribution in [0.25, 0.3) is 0 Å². The van der Waals surface area contributed by atoms with Gasteiger partial charge in [0.05, 0.1) is 0 Å². The topological polar surface area (TPSA) is 51.8 Å². The van der Waals surface area contributed by atoms with E-state index < -0.39 is 0 Å². The van der Waals surface area contributed by atoms with Crippen molar-refractivity contribution in [3.63, 3.8) is 0 Å². The normalized spacial score (nSPS) is 11.7. The Morgan fingerprint density at radius 2 is 1.93 bits per heavy atom. The van der Waals surface area contributed by atoms with Crippen LogP contribution < -0.4 is 5.73 Å². The Hall–Kier alpha value is -1.12. The van der Waals surface area contributed by atoms with E-state index in [9.17, 15) is 0 Å². The molecule has 3 nitrogen and oxygen atoms in total. The minimum Gasteiger partial charge on any atom is -0.384 e. The van der Waals surface area contributed by atoms with Crippen LogP contribution in [-0.2, 0) is 11.8 Å². The Kier molecular flexibility index (Phi) is 3.09. The molecule has 2 N–H and O–H groups in total. The molecule has 0 saturated carbocycles. The smallest absolute Gasteiger partial charge is 0.136 e. The van der Waals surface area contributed by atoms with Gasteiger partial charge in [-0.3, -0.25) is 0 Å². The standard InChI is InChI=1S/C11H19N3/c1-5-6-8-7-9(12)14-10(13-8)11(2,3)4/h7H,5-6H2,1-4H3,(H2,12,13,14). The van der Waals surface area contributed by atoms with Crippen molar-refractivity contribution in [3.05, 3.63) is 17.6 Å². The highest BCUT2D eigenvalue weighted by molar-refractivity contribution is 5.31. The lowest BCUT2D eigenvalue weighted by atomic mass is 9.95. The van der Waals surface area contributed by atoms with Gasteiger partial charge >= 0.3 is 0 Å². The van der Waals surface area contributed by atoms with Gasteiger partial charge in [-0.15, -0.1) is 0 Å². The predicted molar refractivity (Wildman–Crippen MR) is 59.1 cm³/mol. The second-order valence-electron chi connectivity index (χ2n) is 4.61. The maximum atomic E-state index is 5.74. The number of aromatic nitrogens is 2. The van der Waals surface area contributed by atoms with Gasteiger partial charge in [0, 0.05) is 17.2 Å². The fourth-order valence-corrected chi connectivity index (χ4v) is 1.24. The molecule has 3 heteroatoms. The third kappa shape index (κ3) is 2.69. The van der Waals surface area contributed by atoms with Gasteiger partial charge in [-0.1, -0.05) is 34.1 Å². The summed E-state index contributed by atoms with van der Waals surface area (Å²) in [4.78, 5) is 8.76. The molecule has 14 heavy (non-hydrogen) atoms. The molecule has 0 aromatic carbocycles. The van der Waals surface area contributed by atoms with Gasteiger partial charge < -0.3 is 5.73 Å². The Balaban J connectivity index is 3.07. The van der Waals surface area contributed by atoms with Crippen LogP contribution in [0, 0.1) is 0 Å². The second kappa shape index (κ2) is 3.95. The number of anilines is 1. The maximum absolute atomic E-state index is 5.74. The molecular weight excluding hydrogens is 174 g/mol. The van der Waals surface area contributed by atoms with Crippen LogP contribution in [0.15, 0.2) is 6.07 Å². The van der Waals surface area contributed by atoms with Gasteiger partial charge in [0.25, 0.3) is 0 Å². The Morgan fingerprint density at radius 3 is 2.43 bits per heavy atom. The number of nitrogen functional groups attached to an aromatic ring is 1. The van der Waals surface area contributed by atoms with Crippen LogP contribution in [0.5, 0.6) is 0 Å². The zero-order valence-electron chi connectivity index (χ0n) is 9.46. The zero-order chi connectivity index (χ0) is 10.8. The molecule has 0 spiro atoms. The summed E-state index contributed by atoms with van der Waals surface area (Å²) < 4.78 is 0.